The normalized spacial score (nSPS) is 14.8. The van der Waals surface area contributed by atoms with E-state index in [0.717, 1.165) is 64.2 Å². The highest BCUT2D eigenvalue weighted by atomic mass is 31.2. The van der Waals surface area contributed by atoms with Crippen LogP contribution in [0.25, 0.3) is 0 Å². The van der Waals surface area contributed by atoms with E-state index in [-0.39, 0.29) is 12.5 Å². The summed E-state index contributed by atoms with van der Waals surface area (Å²) in [6, 6.07) is -0.912. The van der Waals surface area contributed by atoms with Crippen molar-refractivity contribution in [2.24, 2.45) is 0 Å². The average Bonchev–Trinajstić information content (AvgIpc) is 3.17. The molecule has 58 heavy (non-hydrogen) atoms. The number of hydrogen-bond donors (Lipinski definition) is 2. The standard InChI is InChI=1S/C49H91N2O6P/c1-6-8-10-12-14-16-18-20-22-24-25-27-29-31-33-35-37-39-41-43-49(53)50-47(46-57-58(54,55)56-45-44-51(3,4)5)48(52)42-40-38-36-34-32-30-28-26-23-21-19-17-15-13-11-9-7-2/h14,16,20,22,25,27,32,34,40,42,47-48,52H,6-13,15,17-19,21,23-24,26,28-31,33,35-39,41,43-46H2,1-5H3,(H-,50,53,54,55)/b16-14-,22-20-,27-25-,34-32+,42-40+. The molecule has 338 valence electrons. The Morgan fingerprint density at radius 3 is 1.55 bits per heavy atom. The number of nitrogens with one attached hydrogen (secondary N) is 1. The zero-order valence-corrected chi connectivity index (χ0v) is 39.1. The Bertz CT molecular complexity index is 1130. The molecule has 0 heterocycles. The molecule has 0 aliphatic carbocycles. The molecule has 0 rings (SSSR count). The number of phosphoric ester groups is 1. The Morgan fingerprint density at radius 2 is 1.02 bits per heavy atom. The van der Waals surface area contributed by atoms with Crippen LogP contribution in [0.5, 0.6) is 0 Å². The molecule has 0 spiro atoms. The van der Waals surface area contributed by atoms with Crippen LogP contribution in [-0.2, 0) is 18.4 Å². The lowest BCUT2D eigenvalue weighted by atomic mass is 10.1. The van der Waals surface area contributed by atoms with Crippen LogP contribution in [0.3, 0.4) is 0 Å². The van der Waals surface area contributed by atoms with Crippen molar-refractivity contribution in [1.29, 1.82) is 0 Å². The van der Waals surface area contributed by atoms with E-state index in [2.05, 4.69) is 67.8 Å². The van der Waals surface area contributed by atoms with Gasteiger partial charge in [0.2, 0.25) is 5.91 Å². The maximum Gasteiger partial charge on any atom is 0.268 e. The highest BCUT2D eigenvalue weighted by molar-refractivity contribution is 7.45. The highest BCUT2D eigenvalue weighted by Crippen LogP contribution is 2.38. The number of carbonyl (C=O) groups is 1. The SMILES string of the molecule is CCCCC/C=C\C/C=C\C/C=C\CCCCCCCCC(=O)NC(COP(=O)([O-])OCC[N+](C)(C)C)C(O)/C=C/CC/C=C/CCCCCCCCCCCCC. The second kappa shape index (κ2) is 40.6. The first-order valence-corrected chi connectivity index (χ1v) is 25.1. The van der Waals surface area contributed by atoms with E-state index in [0.29, 0.717) is 17.4 Å². The van der Waals surface area contributed by atoms with Gasteiger partial charge < -0.3 is 28.8 Å². The number of likely N-dealkylation sites (N-methyl/N-ethyl adjacent to an activating group) is 1. The fraction of sp³-hybridized carbons (Fsp3) is 0.776. The van der Waals surface area contributed by atoms with Gasteiger partial charge in [-0.2, -0.15) is 0 Å². The first-order chi connectivity index (χ1) is 28.0. The van der Waals surface area contributed by atoms with Crippen LogP contribution in [0.15, 0.2) is 60.8 Å². The summed E-state index contributed by atoms with van der Waals surface area (Å²) in [6.45, 7) is 4.58. The van der Waals surface area contributed by atoms with Gasteiger partial charge >= 0.3 is 0 Å². The number of unbranched alkanes of at least 4 members (excludes halogenated alkanes) is 21. The molecule has 0 fully saturated rings. The Labute approximate surface area is 358 Å². The molecule has 8 nitrogen and oxygen atoms in total. The first kappa shape index (κ1) is 56.2. The number of hydrogen-bond acceptors (Lipinski definition) is 6. The molecule has 0 aliphatic rings. The predicted octanol–water partition coefficient (Wildman–Crippen LogP) is 12.8. The summed E-state index contributed by atoms with van der Waals surface area (Å²) in [7, 11) is 1.23. The number of allylic oxidation sites excluding steroid dienone is 9. The number of amides is 1. The lowest BCUT2D eigenvalue weighted by molar-refractivity contribution is -0.870. The molecule has 0 aromatic carbocycles. The molecule has 0 aliphatic heterocycles. The summed E-state index contributed by atoms with van der Waals surface area (Å²) in [6.07, 6.45) is 52.7. The van der Waals surface area contributed by atoms with Gasteiger partial charge in [0.15, 0.2) is 0 Å². The second-order valence-electron chi connectivity index (χ2n) is 17.1. The molecule has 3 unspecified atom stereocenters. The van der Waals surface area contributed by atoms with E-state index in [4.69, 9.17) is 9.05 Å². The summed E-state index contributed by atoms with van der Waals surface area (Å²) >= 11 is 0. The monoisotopic (exact) mass is 835 g/mol. The zero-order chi connectivity index (χ0) is 42.8. The summed E-state index contributed by atoms with van der Waals surface area (Å²) < 4.78 is 23.2. The minimum Gasteiger partial charge on any atom is -0.756 e. The topological polar surface area (TPSA) is 108 Å². The Morgan fingerprint density at radius 1 is 0.603 bits per heavy atom. The molecule has 0 bridgehead atoms. The van der Waals surface area contributed by atoms with Gasteiger partial charge in [0.25, 0.3) is 7.82 Å². The summed E-state index contributed by atoms with van der Waals surface area (Å²) in [5.74, 6) is -0.222. The van der Waals surface area contributed by atoms with Crippen molar-refractivity contribution >= 4 is 13.7 Å². The van der Waals surface area contributed by atoms with Crippen molar-refractivity contribution in [3.05, 3.63) is 60.8 Å². The van der Waals surface area contributed by atoms with E-state index in [1.54, 1.807) is 6.08 Å². The van der Waals surface area contributed by atoms with E-state index in [1.807, 2.05) is 27.2 Å². The number of rotatable bonds is 42. The van der Waals surface area contributed by atoms with E-state index >= 15 is 0 Å². The highest BCUT2D eigenvalue weighted by Gasteiger charge is 2.23. The number of nitrogens with zero attached hydrogens (tertiary/aromatic N) is 1. The molecule has 1 amide bonds. The molecule has 3 atom stereocenters. The molecule has 2 N–H and O–H groups in total. The smallest absolute Gasteiger partial charge is 0.268 e. The van der Waals surface area contributed by atoms with Gasteiger partial charge in [-0.05, 0) is 70.6 Å². The third kappa shape index (κ3) is 42.3. The van der Waals surface area contributed by atoms with Crippen LogP contribution in [0.1, 0.15) is 194 Å². The molecule has 0 aromatic rings. The Balaban J connectivity index is 4.47. The second-order valence-corrected chi connectivity index (χ2v) is 18.5. The van der Waals surface area contributed by atoms with Gasteiger partial charge in [0, 0.05) is 6.42 Å². The summed E-state index contributed by atoms with van der Waals surface area (Å²) in [5.41, 5.74) is 0. The zero-order valence-electron chi connectivity index (χ0n) is 38.2. The van der Waals surface area contributed by atoms with Gasteiger partial charge in [-0.1, -0.05) is 177 Å². The van der Waals surface area contributed by atoms with Crippen molar-refractivity contribution in [3.8, 4) is 0 Å². The maximum absolute atomic E-state index is 12.9. The third-order valence-corrected chi connectivity index (χ3v) is 11.2. The maximum atomic E-state index is 12.9. The van der Waals surface area contributed by atoms with Crippen LogP contribution >= 0.6 is 7.82 Å². The van der Waals surface area contributed by atoms with Gasteiger partial charge in [-0.15, -0.1) is 0 Å². The van der Waals surface area contributed by atoms with E-state index < -0.39 is 26.6 Å². The summed E-state index contributed by atoms with van der Waals surface area (Å²) in [4.78, 5) is 25.3. The van der Waals surface area contributed by atoms with Crippen molar-refractivity contribution in [3.63, 3.8) is 0 Å². The number of aliphatic hydroxyl groups excluding tert-OH is 1. The summed E-state index contributed by atoms with van der Waals surface area (Å²) in [5, 5.41) is 13.8. The quantitative estimate of drug-likeness (QED) is 0.0274. The first-order valence-electron chi connectivity index (χ1n) is 23.7. The number of phosphoric acid groups is 1. The van der Waals surface area contributed by atoms with Gasteiger partial charge in [0.1, 0.15) is 13.2 Å². The fourth-order valence-electron chi connectivity index (χ4n) is 6.41. The number of quaternary nitrogens is 1. The fourth-order valence-corrected chi connectivity index (χ4v) is 7.13. The van der Waals surface area contributed by atoms with Gasteiger partial charge in [-0.3, -0.25) is 9.36 Å². The predicted molar refractivity (Wildman–Crippen MR) is 247 cm³/mol. The van der Waals surface area contributed by atoms with Crippen LogP contribution in [-0.4, -0.2) is 68.5 Å². The van der Waals surface area contributed by atoms with E-state index in [1.165, 1.54) is 109 Å². The Kier molecular flexibility index (Phi) is 39.3. The minimum atomic E-state index is -4.60. The van der Waals surface area contributed by atoms with E-state index in [9.17, 15) is 19.4 Å². The van der Waals surface area contributed by atoms with Crippen LogP contribution in [0.4, 0.5) is 0 Å². The average molecular weight is 835 g/mol. The van der Waals surface area contributed by atoms with Crippen LogP contribution < -0.4 is 10.2 Å². The van der Waals surface area contributed by atoms with Crippen molar-refractivity contribution in [2.75, 3.05) is 40.9 Å². The number of aliphatic hydroxyl groups is 1. The molecular weight excluding hydrogens is 744 g/mol. The molecular formula is C49H91N2O6P. The number of carbonyl (C=O) groups excluding carboxylic acids is 1. The molecule has 0 radical (unpaired) electrons. The van der Waals surface area contributed by atoms with Crippen molar-refractivity contribution in [2.45, 2.75) is 206 Å². The lowest BCUT2D eigenvalue weighted by Crippen LogP contribution is -2.45. The molecule has 0 aromatic heterocycles. The van der Waals surface area contributed by atoms with Gasteiger partial charge in [-0.25, -0.2) is 0 Å². The van der Waals surface area contributed by atoms with Crippen molar-refractivity contribution < 1.29 is 32.9 Å². The largest absolute Gasteiger partial charge is 0.756 e. The lowest BCUT2D eigenvalue weighted by Gasteiger charge is -2.29. The molecule has 9 heteroatoms. The van der Waals surface area contributed by atoms with Crippen LogP contribution in [0, 0.1) is 0 Å². The van der Waals surface area contributed by atoms with Gasteiger partial charge in [0.05, 0.1) is 39.9 Å². The third-order valence-electron chi connectivity index (χ3n) is 10.2. The molecule has 0 saturated heterocycles. The minimum absolute atomic E-state index is 0.0115. The molecule has 0 saturated carbocycles. The van der Waals surface area contributed by atoms with Crippen LogP contribution in [0.2, 0.25) is 0 Å². The van der Waals surface area contributed by atoms with Crippen molar-refractivity contribution in [1.82, 2.24) is 5.32 Å². The Hall–Kier alpha value is -1.80.